The Balaban J connectivity index is 1.44. The van der Waals surface area contributed by atoms with Crippen LogP contribution in [0.1, 0.15) is 41.6 Å². The molecule has 164 valence electrons. The molecular formula is C24H23ClN4O2S. The molecular weight excluding hydrogens is 444 g/mol. The van der Waals surface area contributed by atoms with Crippen LogP contribution in [-0.4, -0.2) is 22.0 Å². The van der Waals surface area contributed by atoms with Crippen LogP contribution in [0.5, 0.6) is 0 Å². The van der Waals surface area contributed by atoms with E-state index in [4.69, 9.17) is 11.6 Å². The smallest absolute Gasteiger partial charge is 0.265 e. The first-order valence-corrected chi connectivity index (χ1v) is 11.3. The minimum absolute atomic E-state index is 0.0666. The summed E-state index contributed by atoms with van der Waals surface area (Å²) < 4.78 is 0. The van der Waals surface area contributed by atoms with E-state index in [0.29, 0.717) is 31.6 Å². The van der Waals surface area contributed by atoms with E-state index < -0.39 is 0 Å². The Morgan fingerprint density at radius 2 is 1.81 bits per heavy atom. The lowest BCUT2D eigenvalue weighted by Gasteiger charge is -2.19. The van der Waals surface area contributed by atoms with E-state index in [0.717, 1.165) is 5.56 Å². The van der Waals surface area contributed by atoms with Gasteiger partial charge in [-0.3, -0.25) is 14.7 Å². The number of nitrogens with one attached hydrogen (secondary N) is 3. The molecule has 0 aliphatic carbocycles. The van der Waals surface area contributed by atoms with Crippen LogP contribution < -0.4 is 10.6 Å². The molecule has 4 rings (SSSR count). The number of carbonyl (C=O) groups is 2. The molecule has 2 heterocycles. The maximum atomic E-state index is 12.6. The van der Waals surface area contributed by atoms with Gasteiger partial charge in [0.25, 0.3) is 5.91 Å². The number of fused-ring (bicyclic) bond motifs is 1. The van der Waals surface area contributed by atoms with Gasteiger partial charge in [-0.15, -0.1) is 11.3 Å². The van der Waals surface area contributed by atoms with E-state index in [1.165, 1.54) is 16.9 Å². The lowest BCUT2D eigenvalue weighted by molar-refractivity contribution is -0.115. The highest BCUT2D eigenvalue weighted by atomic mass is 35.5. The molecule has 0 saturated heterocycles. The number of hydrogen-bond acceptors (Lipinski definition) is 4. The predicted octanol–water partition coefficient (Wildman–Crippen LogP) is 6.01. The molecule has 4 aromatic rings. The Kier molecular flexibility index (Phi) is 6.04. The number of rotatable bonds is 5. The normalized spacial score (nSPS) is 11.5. The van der Waals surface area contributed by atoms with Gasteiger partial charge in [-0.2, -0.15) is 5.10 Å². The first-order valence-electron chi connectivity index (χ1n) is 10.1. The van der Waals surface area contributed by atoms with Gasteiger partial charge in [0.2, 0.25) is 5.91 Å². The van der Waals surface area contributed by atoms with Gasteiger partial charge in [0.15, 0.2) is 5.82 Å². The second kappa shape index (κ2) is 8.76. The Morgan fingerprint density at radius 1 is 1.06 bits per heavy atom. The maximum absolute atomic E-state index is 12.6. The number of aromatic nitrogens is 2. The molecule has 0 unspecified atom stereocenters. The van der Waals surface area contributed by atoms with E-state index in [1.807, 2.05) is 12.1 Å². The topological polar surface area (TPSA) is 86.9 Å². The summed E-state index contributed by atoms with van der Waals surface area (Å²) in [6.07, 6.45) is 0.241. The molecule has 6 nitrogen and oxygen atoms in total. The van der Waals surface area contributed by atoms with Crippen LogP contribution >= 0.6 is 22.9 Å². The van der Waals surface area contributed by atoms with Gasteiger partial charge in [-0.25, -0.2) is 0 Å². The van der Waals surface area contributed by atoms with Gasteiger partial charge in [0.05, 0.1) is 16.7 Å². The zero-order chi connectivity index (χ0) is 22.9. The number of halogens is 1. The highest BCUT2D eigenvalue weighted by molar-refractivity contribution is 7.20. The molecule has 0 aliphatic rings. The molecule has 2 aromatic carbocycles. The summed E-state index contributed by atoms with van der Waals surface area (Å²) in [5, 5.41) is 14.0. The standard InChI is InChI=1S/C24H23ClN4O2S/c1-24(2,3)15-9-7-14(8-10-15)11-20(30)27-21-18-13-19(32-23(18)29-28-21)22(31)26-17-6-4-5-16(25)12-17/h4-10,12-13H,11H2,1-3H3,(H,26,31)(H2,27,28,29,30). The van der Waals surface area contributed by atoms with E-state index in [1.54, 1.807) is 30.3 Å². The molecule has 3 N–H and O–H groups in total. The van der Waals surface area contributed by atoms with Crippen molar-refractivity contribution in [3.05, 3.63) is 75.6 Å². The fraction of sp³-hybridized carbons (Fsp3) is 0.208. The lowest BCUT2D eigenvalue weighted by atomic mass is 9.86. The Hall–Kier alpha value is -3.16. The monoisotopic (exact) mass is 466 g/mol. The molecule has 2 aromatic heterocycles. The largest absolute Gasteiger partial charge is 0.321 e. The molecule has 0 bridgehead atoms. The van der Waals surface area contributed by atoms with Crippen LogP contribution in [-0.2, 0) is 16.6 Å². The van der Waals surface area contributed by atoms with Gasteiger partial charge >= 0.3 is 0 Å². The second-order valence-electron chi connectivity index (χ2n) is 8.56. The molecule has 2 amide bonds. The first kappa shape index (κ1) is 22.0. The fourth-order valence-corrected chi connectivity index (χ4v) is 4.35. The molecule has 0 fully saturated rings. The fourth-order valence-electron chi connectivity index (χ4n) is 3.27. The van der Waals surface area contributed by atoms with Crippen molar-refractivity contribution in [1.82, 2.24) is 10.2 Å². The van der Waals surface area contributed by atoms with Crippen molar-refractivity contribution < 1.29 is 9.59 Å². The van der Waals surface area contributed by atoms with Crippen LogP contribution in [0.2, 0.25) is 5.02 Å². The molecule has 32 heavy (non-hydrogen) atoms. The number of aromatic amines is 1. The highest BCUT2D eigenvalue weighted by Crippen LogP contribution is 2.30. The third kappa shape index (κ3) is 5.00. The van der Waals surface area contributed by atoms with Gasteiger partial charge < -0.3 is 10.6 Å². The average molecular weight is 467 g/mol. The van der Waals surface area contributed by atoms with Crippen LogP contribution in [0, 0.1) is 0 Å². The number of carbonyl (C=O) groups excluding carboxylic acids is 2. The first-order chi connectivity index (χ1) is 15.2. The van der Waals surface area contributed by atoms with Crippen LogP contribution in [0.15, 0.2) is 54.6 Å². The third-order valence-electron chi connectivity index (χ3n) is 5.01. The molecule has 0 saturated carbocycles. The second-order valence-corrected chi connectivity index (χ2v) is 10.1. The van der Waals surface area contributed by atoms with Crippen molar-refractivity contribution >= 4 is 56.5 Å². The van der Waals surface area contributed by atoms with Gasteiger partial charge in [0.1, 0.15) is 4.83 Å². The number of amides is 2. The molecule has 0 radical (unpaired) electrons. The minimum Gasteiger partial charge on any atom is -0.321 e. The minimum atomic E-state index is -0.252. The molecule has 0 atom stereocenters. The summed E-state index contributed by atoms with van der Waals surface area (Å²) in [6.45, 7) is 6.46. The summed E-state index contributed by atoms with van der Waals surface area (Å²) in [5.74, 6) is -0.00881. The molecule has 8 heteroatoms. The SMILES string of the molecule is CC(C)(C)c1ccc(CC(=O)Nc2n[nH]c3sc(C(=O)Nc4cccc(Cl)c4)cc23)cc1. The van der Waals surface area contributed by atoms with Crippen molar-refractivity contribution in [2.45, 2.75) is 32.6 Å². The molecule has 0 spiro atoms. The average Bonchev–Trinajstić information content (AvgIpc) is 3.30. The van der Waals surface area contributed by atoms with Crippen LogP contribution in [0.4, 0.5) is 11.5 Å². The van der Waals surface area contributed by atoms with E-state index in [-0.39, 0.29) is 23.7 Å². The van der Waals surface area contributed by atoms with Gasteiger partial charge in [0, 0.05) is 10.7 Å². The number of thiophene rings is 1. The summed E-state index contributed by atoms with van der Waals surface area (Å²) in [7, 11) is 0. The number of H-pyrrole nitrogens is 1. The van der Waals surface area contributed by atoms with Crippen molar-refractivity contribution in [3.8, 4) is 0 Å². The van der Waals surface area contributed by atoms with Crippen LogP contribution in [0.25, 0.3) is 10.2 Å². The number of nitrogens with zero attached hydrogens (tertiary/aromatic N) is 1. The predicted molar refractivity (Wildman–Crippen MR) is 131 cm³/mol. The van der Waals surface area contributed by atoms with Gasteiger partial charge in [-0.05, 0) is 40.8 Å². The van der Waals surface area contributed by atoms with E-state index in [9.17, 15) is 9.59 Å². The summed E-state index contributed by atoms with van der Waals surface area (Å²) in [6, 6.07) is 16.7. The van der Waals surface area contributed by atoms with Gasteiger partial charge in [-0.1, -0.05) is 62.7 Å². The lowest BCUT2D eigenvalue weighted by Crippen LogP contribution is -2.15. The van der Waals surface area contributed by atoms with E-state index >= 15 is 0 Å². The Morgan fingerprint density at radius 3 is 2.50 bits per heavy atom. The van der Waals surface area contributed by atoms with Crippen LogP contribution in [0.3, 0.4) is 0 Å². The Bertz CT molecular complexity index is 1290. The van der Waals surface area contributed by atoms with Crippen molar-refractivity contribution in [2.24, 2.45) is 0 Å². The third-order valence-corrected chi connectivity index (χ3v) is 6.28. The van der Waals surface area contributed by atoms with Crippen molar-refractivity contribution in [1.29, 1.82) is 0 Å². The van der Waals surface area contributed by atoms with E-state index in [2.05, 4.69) is 53.7 Å². The quantitative estimate of drug-likeness (QED) is 0.336. The zero-order valence-corrected chi connectivity index (χ0v) is 19.5. The van der Waals surface area contributed by atoms with Crippen molar-refractivity contribution in [2.75, 3.05) is 10.6 Å². The number of anilines is 2. The highest BCUT2D eigenvalue weighted by Gasteiger charge is 2.17. The zero-order valence-electron chi connectivity index (χ0n) is 18.0. The number of benzene rings is 2. The number of hydrogen-bond donors (Lipinski definition) is 3. The molecule has 0 aliphatic heterocycles. The summed E-state index contributed by atoms with van der Waals surface area (Å²) in [5.41, 5.74) is 2.83. The summed E-state index contributed by atoms with van der Waals surface area (Å²) in [4.78, 5) is 26.4. The summed E-state index contributed by atoms with van der Waals surface area (Å²) >= 11 is 7.24. The van der Waals surface area contributed by atoms with Crippen molar-refractivity contribution in [3.63, 3.8) is 0 Å². The Labute approximate surface area is 195 Å². The maximum Gasteiger partial charge on any atom is 0.265 e.